The van der Waals surface area contributed by atoms with Gasteiger partial charge in [0.2, 0.25) is 5.28 Å². The second kappa shape index (κ2) is 4.82. The molecule has 5 nitrogen and oxygen atoms in total. The Morgan fingerprint density at radius 1 is 1.60 bits per heavy atom. The zero-order chi connectivity index (χ0) is 11.5. The van der Waals surface area contributed by atoms with Crippen molar-refractivity contribution in [2.24, 2.45) is 0 Å². The minimum atomic E-state index is -3.62. The van der Waals surface area contributed by atoms with Gasteiger partial charge in [-0.05, 0) is 11.6 Å². The van der Waals surface area contributed by atoms with Crippen molar-refractivity contribution in [1.82, 2.24) is 9.97 Å². The third-order valence-electron chi connectivity index (χ3n) is 1.63. The number of aryl methyl sites for hydroxylation is 1. The monoisotopic (exact) mass is 254 g/mol. The van der Waals surface area contributed by atoms with Gasteiger partial charge in [0.1, 0.15) is 0 Å². The molecule has 0 radical (unpaired) electrons. The van der Waals surface area contributed by atoms with E-state index in [1.165, 1.54) is 0 Å². The van der Waals surface area contributed by atoms with Crippen molar-refractivity contribution in [2.45, 2.75) is 6.42 Å². The number of nitrogens with zero attached hydrogens (tertiary/aromatic N) is 2. The minimum Gasteiger partial charge on any atom is -0.273 e. The summed E-state index contributed by atoms with van der Waals surface area (Å²) in [6.07, 6.45) is 0.786. The summed E-state index contributed by atoms with van der Waals surface area (Å²) < 4.78 is 39.1. The molecule has 8 heteroatoms. The van der Waals surface area contributed by atoms with Crippen LogP contribution in [-0.4, -0.2) is 31.2 Å². The summed E-state index contributed by atoms with van der Waals surface area (Å²) in [5.74, 6) is -1.04. The number of halogens is 2. The van der Waals surface area contributed by atoms with Crippen molar-refractivity contribution in [3.63, 3.8) is 0 Å². The normalized spacial score (nSPS) is 11.7. The highest BCUT2D eigenvalue weighted by molar-refractivity contribution is 7.86. The van der Waals surface area contributed by atoms with E-state index in [1.54, 1.807) is 0 Å². The van der Waals surface area contributed by atoms with E-state index in [9.17, 15) is 12.8 Å². The number of hydrogen-bond donors (Lipinski definition) is 0. The van der Waals surface area contributed by atoms with E-state index < -0.39 is 15.9 Å². The molecule has 0 spiro atoms. The van der Waals surface area contributed by atoms with Gasteiger partial charge in [0.05, 0.1) is 24.8 Å². The van der Waals surface area contributed by atoms with E-state index >= 15 is 0 Å². The van der Waals surface area contributed by atoms with Crippen LogP contribution in [0.2, 0.25) is 5.28 Å². The van der Waals surface area contributed by atoms with Crippen LogP contribution in [0.3, 0.4) is 0 Å². The fourth-order valence-corrected chi connectivity index (χ4v) is 1.62. The fourth-order valence-electron chi connectivity index (χ4n) is 0.858. The summed E-state index contributed by atoms with van der Waals surface area (Å²) in [5, 5.41) is -0.124. The highest BCUT2D eigenvalue weighted by Gasteiger charge is 2.12. The molecule has 0 saturated heterocycles. The Morgan fingerprint density at radius 3 is 2.87 bits per heavy atom. The van der Waals surface area contributed by atoms with E-state index in [0.29, 0.717) is 0 Å². The maximum atomic E-state index is 13.0. The standard InChI is InChI=1S/C7H8ClFN2O3S/c1-14-15(12,13)3-2-6-5(9)4-10-7(8)11-6/h4H,2-3H2,1H3. The Labute approximate surface area is 91.4 Å². The molecule has 1 heterocycles. The molecule has 1 aromatic heterocycles. The number of rotatable bonds is 4. The maximum absolute atomic E-state index is 13.0. The van der Waals surface area contributed by atoms with Gasteiger partial charge in [0, 0.05) is 6.42 Å². The van der Waals surface area contributed by atoms with E-state index in [2.05, 4.69) is 14.2 Å². The van der Waals surface area contributed by atoms with Crippen molar-refractivity contribution in [2.75, 3.05) is 12.9 Å². The van der Waals surface area contributed by atoms with Crippen molar-refractivity contribution >= 4 is 21.7 Å². The Hall–Kier alpha value is -0.790. The molecule has 0 aliphatic carbocycles. The van der Waals surface area contributed by atoms with Gasteiger partial charge in [0.15, 0.2) is 5.82 Å². The Morgan fingerprint density at radius 2 is 2.27 bits per heavy atom. The van der Waals surface area contributed by atoms with Crippen LogP contribution in [0.4, 0.5) is 4.39 Å². The summed E-state index contributed by atoms with van der Waals surface area (Å²) in [6.45, 7) is 0. The molecule has 1 aromatic rings. The molecule has 0 aliphatic heterocycles. The highest BCUT2D eigenvalue weighted by atomic mass is 35.5. The molecule has 1 rings (SSSR count). The fraction of sp³-hybridized carbons (Fsp3) is 0.429. The van der Waals surface area contributed by atoms with Crippen LogP contribution in [-0.2, 0) is 20.7 Å². The smallest absolute Gasteiger partial charge is 0.267 e. The lowest BCUT2D eigenvalue weighted by atomic mass is 10.3. The zero-order valence-electron chi connectivity index (χ0n) is 7.77. The van der Waals surface area contributed by atoms with Gasteiger partial charge in [-0.25, -0.2) is 14.4 Å². The van der Waals surface area contributed by atoms with Crippen LogP contribution < -0.4 is 0 Å². The first-order chi connectivity index (χ1) is 6.94. The predicted octanol–water partition coefficient (Wildman–Crippen LogP) is 0.788. The Kier molecular flexibility index (Phi) is 3.95. The highest BCUT2D eigenvalue weighted by Crippen LogP contribution is 2.08. The zero-order valence-corrected chi connectivity index (χ0v) is 9.35. The molecule has 0 unspecified atom stereocenters. The van der Waals surface area contributed by atoms with Gasteiger partial charge in [-0.1, -0.05) is 0 Å². The van der Waals surface area contributed by atoms with Gasteiger partial charge in [-0.15, -0.1) is 0 Å². The van der Waals surface area contributed by atoms with Gasteiger partial charge in [0.25, 0.3) is 10.1 Å². The summed E-state index contributed by atoms with van der Waals surface area (Å²) in [4.78, 5) is 6.97. The SMILES string of the molecule is COS(=O)(=O)CCc1nc(Cl)ncc1F. The maximum Gasteiger partial charge on any atom is 0.267 e. The van der Waals surface area contributed by atoms with Gasteiger partial charge < -0.3 is 0 Å². The minimum absolute atomic E-state index is 0.0457. The Bertz CT molecular complexity index is 452. The summed E-state index contributed by atoms with van der Waals surface area (Å²) in [6, 6.07) is 0. The molecule has 84 valence electrons. The van der Waals surface area contributed by atoms with Crippen LogP contribution in [0.1, 0.15) is 5.69 Å². The van der Waals surface area contributed by atoms with Crippen molar-refractivity contribution < 1.29 is 17.0 Å². The average molecular weight is 255 g/mol. The first kappa shape index (κ1) is 12.3. The van der Waals surface area contributed by atoms with Crippen molar-refractivity contribution in [3.8, 4) is 0 Å². The van der Waals surface area contributed by atoms with Gasteiger partial charge >= 0.3 is 0 Å². The van der Waals surface area contributed by atoms with Gasteiger partial charge in [-0.3, -0.25) is 4.18 Å². The number of aromatic nitrogens is 2. The third-order valence-corrected chi connectivity index (χ3v) is 3.02. The lowest BCUT2D eigenvalue weighted by Crippen LogP contribution is -2.12. The first-order valence-corrected chi connectivity index (χ1v) is 5.85. The summed E-state index contributed by atoms with van der Waals surface area (Å²) >= 11 is 5.43. The number of hydrogen-bond acceptors (Lipinski definition) is 5. The van der Waals surface area contributed by atoms with Crippen molar-refractivity contribution in [1.29, 1.82) is 0 Å². The molecule has 0 N–H and O–H groups in total. The van der Waals surface area contributed by atoms with Gasteiger partial charge in [-0.2, -0.15) is 8.42 Å². The second-order valence-electron chi connectivity index (χ2n) is 2.61. The largest absolute Gasteiger partial charge is 0.273 e. The van der Waals surface area contributed by atoms with Crippen LogP contribution in [0.5, 0.6) is 0 Å². The molecule has 0 fully saturated rings. The molecular weight excluding hydrogens is 247 g/mol. The van der Waals surface area contributed by atoms with E-state index in [1.807, 2.05) is 0 Å². The lowest BCUT2D eigenvalue weighted by molar-refractivity contribution is 0.397. The molecule has 0 amide bonds. The quantitative estimate of drug-likeness (QED) is 0.587. The topological polar surface area (TPSA) is 69.2 Å². The van der Waals surface area contributed by atoms with Crippen LogP contribution in [0.15, 0.2) is 6.20 Å². The third kappa shape index (κ3) is 3.69. The molecule has 15 heavy (non-hydrogen) atoms. The average Bonchev–Trinajstić information content (AvgIpc) is 2.20. The second-order valence-corrected chi connectivity index (χ2v) is 4.81. The van der Waals surface area contributed by atoms with E-state index in [0.717, 1.165) is 13.3 Å². The molecular formula is C7H8ClFN2O3S. The summed E-state index contributed by atoms with van der Waals surface area (Å²) in [7, 11) is -2.58. The van der Waals surface area contributed by atoms with Crippen LogP contribution >= 0.6 is 11.6 Å². The Balaban J connectivity index is 2.78. The van der Waals surface area contributed by atoms with Crippen molar-refractivity contribution in [3.05, 3.63) is 23.0 Å². The molecule has 0 atom stereocenters. The molecule has 0 bridgehead atoms. The summed E-state index contributed by atoms with van der Waals surface area (Å²) in [5.41, 5.74) is -0.0457. The lowest BCUT2D eigenvalue weighted by Gasteiger charge is -2.02. The van der Waals surface area contributed by atoms with Crippen LogP contribution in [0, 0.1) is 5.82 Å². The molecule has 0 aliphatic rings. The molecule has 0 saturated carbocycles. The van der Waals surface area contributed by atoms with E-state index in [4.69, 9.17) is 11.6 Å². The first-order valence-electron chi connectivity index (χ1n) is 3.90. The van der Waals surface area contributed by atoms with Crippen LogP contribution in [0.25, 0.3) is 0 Å². The van der Waals surface area contributed by atoms with E-state index in [-0.39, 0.29) is 23.2 Å². The predicted molar refractivity (Wildman–Crippen MR) is 51.5 cm³/mol. The molecule has 0 aromatic carbocycles.